The van der Waals surface area contributed by atoms with Gasteiger partial charge in [-0.15, -0.1) is 12.3 Å². The third-order valence-electron chi connectivity index (χ3n) is 2.96. The lowest BCUT2D eigenvalue weighted by molar-refractivity contribution is -0.125. The smallest absolute Gasteiger partial charge is 0.152 e. The summed E-state index contributed by atoms with van der Waals surface area (Å²) < 4.78 is 0. The summed E-state index contributed by atoms with van der Waals surface area (Å²) in [5.74, 6) is 2.89. The molecule has 14 heavy (non-hydrogen) atoms. The Labute approximate surface area is 86.5 Å². The minimum Gasteiger partial charge on any atom is -0.305 e. The van der Waals surface area contributed by atoms with Gasteiger partial charge in [-0.1, -0.05) is 0 Å². The maximum absolute atomic E-state index is 11.9. The monoisotopic (exact) mass is 193 g/mol. The number of nitrogens with one attached hydrogen (secondary N) is 1. The third-order valence-corrected chi connectivity index (χ3v) is 2.96. The quantitative estimate of drug-likeness (QED) is 0.545. The van der Waals surface area contributed by atoms with Gasteiger partial charge in [0.25, 0.3) is 0 Å². The van der Waals surface area contributed by atoms with Gasteiger partial charge in [0.2, 0.25) is 0 Å². The van der Waals surface area contributed by atoms with Gasteiger partial charge in [-0.05, 0) is 39.2 Å². The molecule has 1 heterocycles. The SMILES string of the molecule is C#CCCCC(=O)C1(C)CCCCN1. The normalized spacial score (nSPS) is 26.9. The molecule has 0 bridgehead atoms. The summed E-state index contributed by atoms with van der Waals surface area (Å²) in [5.41, 5.74) is -0.271. The number of ketones is 1. The Morgan fingerprint density at radius 1 is 1.57 bits per heavy atom. The molecular formula is C12H19NO. The molecule has 0 spiro atoms. The van der Waals surface area contributed by atoms with Crippen LogP contribution in [0.4, 0.5) is 0 Å². The van der Waals surface area contributed by atoms with Crippen LogP contribution in [0.25, 0.3) is 0 Å². The summed E-state index contributed by atoms with van der Waals surface area (Å²) in [6.07, 6.45) is 10.6. The Kier molecular flexibility index (Phi) is 4.16. The summed E-state index contributed by atoms with van der Waals surface area (Å²) in [7, 11) is 0. The topological polar surface area (TPSA) is 29.1 Å². The van der Waals surface area contributed by atoms with Crippen molar-refractivity contribution in [3.05, 3.63) is 0 Å². The first kappa shape index (κ1) is 11.3. The first-order valence-corrected chi connectivity index (χ1v) is 5.41. The summed E-state index contributed by atoms with van der Waals surface area (Å²) in [4.78, 5) is 11.9. The Morgan fingerprint density at radius 2 is 2.36 bits per heavy atom. The number of piperidine rings is 1. The van der Waals surface area contributed by atoms with Crippen LogP contribution in [0.5, 0.6) is 0 Å². The molecule has 1 unspecified atom stereocenters. The zero-order valence-corrected chi connectivity index (χ0v) is 8.94. The largest absolute Gasteiger partial charge is 0.305 e. The second-order valence-electron chi connectivity index (χ2n) is 4.20. The molecule has 0 aliphatic carbocycles. The first-order chi connectivity index (χ1) is 6.69. The van der Waals surface area contributed by atoms with Gasteiger partial charge >= 0.3 is 0 Å². The highest BCUT2D eigenvalue weighted by molar-refractivity contribution is 5.88. The van der Waals surface area contributed by atoms with E-state index in [0.717, 1.165) is 25.8 Å². The molecule has 1 atom stereocenters. The second-order valence-corrected chi connectivity index (χ2v) is 4.20. The number of terminal acetylenes is 1. The van der Waals surface area contributed by atoms with E-state index < -0.39 is 0 Å². The molecule has 2 nitrogen and oxygen atoms in total. The van der Waals surface area contributed by atoms with E-state index in [2.05, 4.69) is 11.2 Å². The molecule has 1 aliphatic heterocycles. The van der Waals surface area contributed by atoms with Crippen LogP contribution >= 0.6 is 0 Å². The van der Waals surface area contributed by atoms with Gasteiger partial charge in [0.05, 0.1) is 5.54 Å². The van der Waals surface area contributed by atoms with E-state index in [0.29, 0.717) is 18.6 Å². The van der Waals surface area contributed by atoms with Crippen molar-refractivity contribution in [2.45, 2.75) is 51.0 Å². The molecule has 1 rings (SSSR count). The maximum atomic E-state index is 11.9. The first-order valence-electron chi connectivity index (χ1n) is 5.41. The minimum atomic E-state index is -0.271. The van der Waals surface area contributed by atoms with Gasteiger partial charge in [-0.25, -0.2) is 0 Å². The number of carbonyl (C=O) groups excluding carboxylic acids is 1. The van der Waals surface area contributed by atoms with Crippen LogP contribution in [0.15, 0.2) is 0 Å². The standard InChI is InChI=1S/C12H19NO/c1-3-4-5-8-11(14)12(2)9-6-7-10-13-12/h1,13H,4-10H2,2H3. The van der Waals surface area contributed by atoms with Gasteiger partial charge in [-0.2, -0.15) is 0 Å². The Morgan fingerprint density at radius 3 is 2.93 bits per heavy atom. The molecule has 1 aliphatic rings. The highest BCUT2D eigenvalue weighted by Gasteiger charge is 2.32. The van der Waals surface area contributed by atoms with E-state index in [-0.39, 0.29) is 5.54 Å². The predicted molar refractivity (Wildman–Crippen MR) is 57.9 cm³/mol. The average molecular weight is 193 g/mol. The predicted octanol–water partition coefficient (Wildman–Crippen LogP) is 1.89. The number of hydrogen-bond acceptors (Lipinski definition) is 2. The maximum Gasteiger partial charge on any atom is 0.152 e. The van der Waals surface area contributed by atoms with Crippen molar-refractivity contribution in [1.82, 2.24) is 5.32 Å². The van der Waals surface area contributed by atoms with E-state index in [1.54, 1.807) is 0 Å². The van der Waals surface area contributed by atoms with Gasteiger partial charge in [0, 0.05) is 12.8 Å². The van der Waals surface area contributed by atoms with Crippen LogP contribution in [0.2, 0.25) is 0 Å². The van der Waals surface area contributed by atoms with Gasteiger partial charge in [0.1, 0.15) is 0 Å². The van der Waals surface area contributed by atoms with Crippen molar-refractivity contribution in [2.75, 3.05) is 6.54 Å². The molecule has 1 saturated heterocycles. The van der Waals surface area contributed by atoms with Crippen LogP contribution in [0, 0.1) is 12.3 Å². The van der Waals surface area contributed by atoms with Gasteiger partial charge in [0.15, 0.2) is 5.78 Å². The summed E-state index contributed by atoms with van der Waals surface area (Å²) in [5, 5.41) is 3.32. The Hall–Kier alpha value is -0.810. The average Bonchev–Trinajstić information content (AvgIpc) is 2.19. The lowest BCUT2D eigenvalue weighted by atomic mass is 9.85. The van der Waals surface area contributed by atoms with Crippen LogP contribution < -0.4 is 5.32 Å². The van der Waals surface area contributed by atoms with Crippen LogP contribution in [0.3, 0.4) is 0 Å². The van der Waals surface area contributed by atoms with Crippen molar-refractivity contribution < 1.29 is 4.79 Å². The van der Waals surface area contributed by atoms with E-state index >= 15 is 0 Å². The lowest BCUT2D eigenvalue weighted by Crippen LogP contribution is -2.52. The summed E-state index contributed by atoms with van der Waals surface area (Å²) >= 11 is 0. The van der Waals surface area contributed by atoms with Crippen LogP contribution in [0.1, 0.15) is 45.4 Å². The van der Waals surface area contributed by atoms with Crippen molar-refractivity contribution in [2.24, 2.45) is 0 Å². The molecule has 0 radical (unpaired) electrons. The summed E-state index contributed by atoms with van der Waals surface area (Å²) in [6.45, 7) is 2.99. The van der Waals surface area contributed by atoms with Crippen molar-refractivity contribution >= 4 is 5.78 Å². The minimum absolute atomic E-state index is 0.271. The summed E-state index contributed by atoms with van der Waals surface area (Å²) in [6, 6.07) is 0. The Bertz CT molecular complexity index is 233. The highest BCUT2D eigenvalue weighted by atomic mass is 16.1. The van der Waals surface area contributed by atoms with E-state index in [1.807, 2.05) is 6.92 Å². The highest BCUT2D eigenvalue weighted by Crippen LogP contribution is 2.21. The number of Topliss-reactive ketones (excluding diaryl/α,β-unsaturated/α-hetero) is 1. The van der Waals surface area contributed by atoms with E-state index in [1.165, 1.54) is 6.42 Å². The van der Waals surface area contributed by atoms with Gasteiger partial charge < -0.3 is 5.32 Å². The molecule has 78 valence electrons. The molecule has 2 heteroatoms. The van der Waals surface area contributed by atoms with Crippen molar-refractivity contribution in [1.29, 1.82) is 0 Å². The molecule has 0 saturated carbocycles. The fourth-order valence-corrected chi connectivity index (χ4v) is 1.92. The van der Waals surface area contributed by atoms with Crippen LogP contribution in [-0.2, 0) is 4.79 Å². The van der Waals surface area contributed by atoms with E-state index in [9.17, 15) is 4.79 Å². The molecule has 0 aromatic rings. The van der Waals surface area contributed by atoms with Crippen LogP contribution in [-0.4, -0.2) is 17.9 Å². The Balaban J connectivity index is 2.38. The molecule has 0 aromatic carbocycles. The lowest BCUT2D eigenvalue weighted by Gasteiger charge is -2.33. The number of rotatable bonds is 4. The number of carbonyl (C=O) groups is 1. The van der Waals surface area contributed by atoms with Gasteiger partial charge in [-0.3, -0.25) is 4.79 Å². The molecule has 0 amide bonds. The molecule has 1 fully saturated rings. The van der Waals surface area contributed by atoms with E-state index in [4.69, 9.17) is 6.42 Å². The zero-order valence-electron chi connectivity index (χ0n) is 8.94. The third kappa shape index (κ3) is 2.85. The molecule has 0 aromatic heterocycles. The second kappa shape index (κ2) is 5.17. The van der Waals surface area contributed by atoms with Crippen molar-refractivity contribution in [3.63, 3.8) is 0 Å². The van der Waals surface area contributed by atoms with Crippen molar-refractivity contribution in [3.8, 4) is 12.3 Å². The zero-order chi connectivity index (χ0) is 10.4. The number of hydrogen-bond donors (Lipinski definition) is 1. The fourth-order valence-electron chi connectivity index (χ4n) is 1.92. The fraction of sp³-hybridized carbons (Fsp3) is 0.750. The number of unbranched alkanes of at least 4 members (excludes halogenated alkanes) is 1. The molecule has 1 N–H and O–H groups in total. The molecular weight excluding hydrogens is 174 g/mol.